The molecule has 4 rings (SSSR count). The van der Waals surface area contributed by atoms with Crippen LogP contribution in [-0.4, -0.2) is 95.3 Å². The van der Waals surface area contributed by atoms with Crippen molar-refractivity contribution in [1.29, 1.82) is 0 Å². The molecule has 7 N–H and O–H groups in total. The second-order valence-electron chi connectivity index (χ2n) is 11.5. The molecule has 0 aromatic heterocycles. The van der Waals surface area contributed by atoms with Crippen molar-refractivity contribution in [3.05, 3.63) is 45.4 Å². The lowest BCUT2D eigenvalue weighted by atomic mass is 9.58. The number of hydrogen-bond donors (Lipinski definition) is 6. The van der Waals surface area contributed by atoms with Crippen LogP contribution in [0.2, 0.25) is 0 Å². The second kappa shape index (κ2) is 11.3. The van der Waals surface area contributed by atoms with E-state index in [1.165, 1.54) is 4.90 Å². The molecule has 0 spiro atoms. The number of nitrogens with zero attached hydrogens (tertiary/aromatic N) is 2. The van der Waals surface area contributed by atoms with Gasteiger partial charge in [-0.25, -0.2) is 4.79 Å². The van der Waals surface area contributed by atoms with Crippen molar-refractivity contribution >= 4 is 29.3 Å². The van der Waals surface area contributed by atoms with Gasteiger partial charge in [-0.1, -0.05) is 13.3 Å². The number of rotatable bonds is 8. The Bertz CT molecular complexity index is 1410. The predicted molar refractivity (Wildman–Crippen MR) is 151 cm³/mol. The first kappa shape index (κ1) is 30.8. The van der Waals surface area contributed by atoms with Crippen LogP contribution < -0.4 is 16.0 Å². The largest absolute Gasteiger partial charge is 0.510 e. The Morgan fingerprint density at radius 1 is 1.17 bits per heavy atom. The predicted octanol–water partition coefficient (Wildman–Crippen LogP) is 1.21. The van der Waals surface area contributed by atoms with Gasteiger partial charge in [0.15, 0.2) is 11.4 Å². The molecule has 0 heterocycles. The first-order valence-corrected chi connectivity index (χ1v) is 13.8. The number of fused-ring (bicyclic) bond motifs is 3. The van der Waals surface area contributed by atoms with Gasteiger partial charge in [-0.2, -0.15) is 0 Å². The van der Waals surface area contributed by atoms with E-state index in [4.69, 9.17) is 10.5 Å². The van der Waals surface area contributed by atoms with Gasteiger partial charge in [-0.05, 0) is 50.9 Å². The first-order chi connectivity index (χ1) is 19.7. The molecule has 228 valence electrons. The van der Waals surface area contributed by atoms with E-state index < -0.39 is 69.9 Å². The summed E-state index contributed by atoms with van der Waals surface area (Å²) in [5.74, 6) is -7.15. The molecular weight excluding hydrogens is 548 g/mol. The summed E-state index contributed by atoms with van der Waals surface area (Å²) >= 11 is 0. The number of ketones is 2. The third-order valence-corrected chi connectivity index (χ3v) is 8.41. The third-order valence-electron chi connectivity index (χ3n) is 8.41. The van der Waals surface area contributed by atoms with E-state index in [0.717, 1.165) is 6.42 Å². The van der Waals surface area contributed by atoms with Gasteiger partial charge < -0.3 is 41.1 Å². The van der Waals surface area contributed by atoms with Gasteiger partial charge in [0.2, 0.25) is 5.78 Å². The summed E-state index contributed by atoms with van der Waals surface area (Å²) in [6.45, 7) is 2.03. The summed E-state index contributed by atoms with van der Waals surface area (Å²) in [4.78, 5) is 55.0. The normalized spacial score (nSPS) is 25.2. The van der Waals surface area contributed by atoms with Gasteiger partial charge in [-0.3, -0.25) is 19.3 Å². The standard InChI is InChI=1S/C29H38N4O9/c1-6-7-8-42-28(40)31-12-14-11-17(32(2)3)15-9-13-10-16-21(33(4)5)24(36)20(27(30)39)26(38)29(16,41)25(37)18(13)23(35)19(15)22(14)34/h11,13,16,21,34,36-37,41H,6-10,12H2,1-5H3,(H2,30,39)(H,31,40)/t13-,16-,21+,29-/m0/s1. The summed E-state index contributed by atoms with van der Waals surface area (Å²) in [5, 5.41) is 47.9. The number of ether oxygens (including phenoxy) is 1. The van der Waals surface area contributed by atoms with Crippen molar-refractivity contribution in [1.82, 2.24) is 10.2 Å². The number of phenols is 1. The number of allylic oxidation sites excluding steroid dienone is 1. The number of anilines is 1. The Balaban J connectivity index is 1.83. The van der Waals surface area contributed by atoms with Crippen molar-refractivity contribution in [2.75, 3.05) is 39.7 Å². The van der Waals surface area contributed by atoms with Gasteiger partial charge in [0.1, 0.15) is 22.8 Å². The minimum atomic E-state index is -2.72. The van der Waals surface area contributed by atoms with Gasteiger partial charge in [-0.15, -0.1) is 0 Å². The number of aliphatic hydroxyl groups excluding tert-OH is 2. The van der Waals surface area contributed by atoms with Gasteiger partial charge >= 0.3 is 6.09 Å². The Morgan fingerprint density at radius 3 is 2.40 bits per heavy atom. The van der Waals surface area contributed by atoms with Crippen molar-refractivity contribution < 1.29 is 44.3 Å². The number of phenolic OH excluding ortho intramolecular Hbond substituents is 1. The Kier molecular flexibility index (Phi) is 8.29. The average Bonchev–Trinajstić information content (AvgIpc) is 2.89. The molecule has 3 aliphatic rings. The van der Waals surface area contributed by atoms with Crippen LogP contribution in [0.15, 0.2) is 28.7 Å². The fourth-order valence-corrected chi connectivity index (χ4v) is 6.41. The molecule has 0 saturated carbocycles. The molecule has 4 atom stereocenters. The van der Waals surface area contributed by atoms with E-state index >= 15 is 0 Å². The molecule has 0 saturated heterocycles. The summed E-state index contributed by atoms with van der Waals surface area (Å²) in [5.41, 5.74) is 2.72. The Labute approximate surface area is 243 Å². The van der Waals surface area contributed by atoms with E-state index in [1.54, 1.807) is 39.2 Å². The maximum absolute atomic E-state index is 14.0. The number of carbonyl (C=O) groups excluding carboxylic acids is 4. The van der Waals surface area contributed by atoms with E-state index in [0.29, 0.717) is 17.7 Å². The van der Waals surface area contributed by atoms with Crippen molar-refractivity contribution in [3.63, 3.8) is 0 Å². The molecule has 3 aliphatic carbocycles. The lowest BCUT2D eigenvalue weighted by Gasteiger charge is -2.50. The number of nitrogens with two attached hydrogens (primary N) is 1. The molecular formula is C29H38N4O9. The molecule has 0 bridgehead atoms. The topological polar surface area (TPSA) is 203 Å². The number of benzene rings is 1. The zero-order valence-corrected chi connectivity index (χ0v) is 24.4. The number of likely N-dealkylation sites (N-methyl/N-ethyl adjacent to an activating group) is 1. The number of nitrogens with one attached hydrogen (secondary N) is 1. The fraction of sp³-hybridized carbons (Fsp3) is 0.517. The number of primary amides is 1. The van der Waals surface area contributed by atoms with Crippen LogP contribution in [0.25, 0.3) is 0 Å². The van der Waals surface area contributed by atoms with E-state index in [1.807, 2.05) is 6.92 Å². The number of Topliss-reactive ketones (excluding diaryl/α,β-unsaturated/α-hetero) is 2. The smallest absolute Gasteiger partial charge is 0.407 e. The van der Waals surface area contributed by atoms with Crippen LogP contribution >= 0.6 is 0 Å². The Morgan fingerprint density at radius 2 is 1.83 bits per heavy atom. The van der Waals surface area contributed by atoms with Crippen LogP contribution in [-0.2, 0) is 27.3 Å². The Hall–Kier alpha value is -4.10. The maximum atomic E-state index is 14.0. The lowest BCUT2D eigenvalue weighted by molar-refractivity contribution is -0.148. The molecule has 0 aliphatic heterocycles. The number of unbranched alkanes of at least 4 members (excludes halogenated alkanes) is 1. The van der Waals surface area contributed by atoms with Crippen molar-refractivity contribution in [2.45, 2.75) is 50.8 Å². The number of alkyl carbamates (subject to hydrolysis) is 1. The third kappa shape index (κ3) is 4.75. The molecule has 0 fully saturated rings. The van der Waals surface area contributed by atoms with Crippen LogP contribution in [0.1, 0.15) is 47.7 Å². The van der Waals surface area contributed by atoms with Crippen LogP contribution in [0.3, 0.4) is 0 Å². The summed E-state index contributed by atoms with van der Waals surface area (Å²) < 4.78 is 5.10. The zero-order chi connectivity index (χ0) is 31.3. The monoisotopic (exact) mass is 586 g/mol. The number of carbonyl (C=O) groups is 4. The lowest BCUT2D eigenvalue weighted by Crippen LogP contribution is -2.63. The fourth-order valence-electron chi connectivity index (χ4n) is 6.41. The SMILES string of the molecule is CCCCOC(=O)NCc1cc(N(C)C)c2c(c1O)C(=O)C1=C(O)[C@]3(O)C(=O)C(C(N)=O)=C(O)[C@H](N(C)C)[C@@H]3C[C@@H]1C2. The van der Waals surface area contributed by atoms with Gasteiger partial charge in [0.05, 0.1) is 18.2 Å². The second-order valence-corrected chi connectivity index (χ2v) is 11.5. The molecule has 1 aromatic carbocycles. The molecule has 0 unspecified atom stereocenters. The molecule has 1 aromatic rings. The maximum Gasteiger partial charge on any atom is 0.407 e. The van der Waals surface area contributed by atoms with Crippen LogP contribution in [0.4, 0.5) is 10.5 Å². The minimum Gasteiger partial charge on any atom is -0.510 e. The molecule has 13 nitrogen and oxygen atoms in total. The molecule has 0 radical (unpaired) electrons. The first-order valence-electron chi connectivity index (χ1n) is 13.8. The van der Waals surface area contributed by atoms with E-state index in [-0.39, 0.29) is 42.7 Å². The highest BCUT2D eigenvalue weighted by molar-refractivity contribution is 6.25. The summed E-state index contributed by atoms with van der Waals surface area (Å²) in [7, 11) is 6.66. The number of aromatic hydroxyl groups is 1. The van der Waals surface area contributed by atoms with E-state index in [9.17, 15) is 39.6 Å². The minimum absolute atomic E-state index is 0.00764. The van der Waals surface area contributed by atoms with Crippen LogP contribution in [0.5, 0.6) is 5.75 Å². The van der Waals surface area contributed by atoms with E-state index in [2.05, 4.69) is 5.32 Å². The average molecular weight is 587 g/mol. The van der Waals surface area contributed by atoms with Crippen LogP contribution in [0, 0.1) is 11.8 Å². The van der Waals surface area contributed by atoms with Gasteiger partial charge in [0.25, 0.3) is 5.91 Å². The van der Waals surface area contributed by atoms with Crippen molar-refractivity contribution in [3.8, 4) is 5.75 Å². The number of aliphatic hydroxyl groups is 3. The molecule has 42 heavy (non-hydrogen) atoms. The van der Waals surface area contributed by atoms with Gasteiger partial charge in [0, 0.05) is 43.4 Å². The molecule has 2 amide bonds. The number of hydrogen-bond acceptors (Lipinski definition) is 11. The zero-order valence-electron chi connectivity index (χ0n) is 24.4. The highest BCUT2D eigenvalue weighted by atomic mass is 16.5. The quantitative estimate of drug-likeness (QED) is 0.189. The summed E-state index contributed by atoms with van der Waals surface area (Å²) in [6.07, 6.45) is 0.995. The highest BCUT2D eigenvalue weighted by Crippen LogP contribution is 2.53. The molecule has 13 heteroatoms. The summed E-state index contributed by atoms with van der Waals surface area (Å²) in [6, 6.07) is 0.588. The van der Waals surface area contributed by atoms with Crippen molar-refractivity contribution in [2.24, 2.45) is 17.6 Å². The number of amides is 2. The highest BCUT2D eigenvalue weighted by Gasteiger charge is 2.63.